The summed E-state index contributed by atoms with van der Waals surface area (Å²) in [6.07, 6.45) is 3.96. The number of ether oxygens (including phenoxy) is 1. The third kappa shape index (κ3) is 3.85. The third-order valence-electron chi connectivity index (χ3n) is 6.06. The lowest BCUT2D eigenvalue weighted by atomic mass is 10.1. The van der Waals surface area contributed by atoms with E-state index in [9.17, 15) is 0 Å². The molecule has 1 aliphatic rings. The summed E-state index contributed by atoms with van der Waals surface area (Å²) in [5.41, 5.74) is 9.04. The minimum absolute atomic E-state index is 0.481. The number of aromatic nitrogens is 2. The van der Waals surface area contributed by atoms with Crippen LogP contribution in [0.15, 0.2) is 60.7 Å². The van der Waals surface area contributed by atoms with Crippen molar-refractivity contribution in [3.8, 4) is 5.88 Å². The van der Waals surface area contributed by atoms with Gasteiger partial charge in [-0.25, -0.2) is 0 Å². The van der Waals surface area contributed by atoms with Crippen molar-refractivity contribution in [2.24, 2.45) is 0 Å². The van der Waals surface area contributed by atoms with Gasteiger partial charge < -0.3 is 15.4 Å². The van der Waals surface area contributed by atoms with Gasteiger partial charge in [-0.15, -0.1) is 5.10 Å². The van der Waals surface area contributed by atoms with Crippen molar-refractivity contribution in [1.82, 2.24) is 14.7 Å². The first-order chi connectivity index (χ1) is 14.8. The highest BCUT2D eigenvalue weighted by Crippen LogP contribution is 2.29. The minimum Gasteiger partial charge on any atom is -0.471 e. The maximum absolute atomic E-state index is 6.24. The molecule has 1 aliphatic heterocycles. The lowest BCUT2D eigenvalue weighted by molar-refractivity contribution is 0.217. The van der Waals surface area contributed by atoms with E-state index in [2.05, 4.69) is 58.1 Å². The van der Waals surface area contributed by atoms with Gasteiger partial charge in [0.1, 0.15) is 6.61 Å². The zero-order chi connectivity index (χ0) is 20.3. The molecule has 0 amide bonds. The van der Waals surface area contributed by atoms with E-state index in [1.54, 1.807) is 0 Å². The quantitative estimate of drug-likeness (QED) is 0.471. The summed E-state index contributed by atoms with van der Waals surface area (Å²) in [6.45, 7) is 4.74. The van der Waals surface area contributed by atoms with Gasteiger partial charge in [-0.2, -0.15) is 0 Å². The first-order valence-corrected chi connectivity index (χ1v) is 10.9. The zero-order valence-electron chi connectivity index (χ0n) is 17.3. The van der Waals surface area contributed by atoms with Gasteiger partial charge in [0.15, 0.2) is 0 Å². The lowest BCUT2D eigenvalue weighted by Crippen LogP contribution is -2.32. The Morgan fingerprint density at radius 3 is 2.60 bits per heavy atom. The number of benzene rings is 3. The molecule has 1 aromatic heterocycles. The number of rotatable bonds is 6. The van der Waals surface area contributed by atoms with E-state index in [4.69, 9.17) is 15.6 Å². The van der Waals surface area contributed by atoms with Crippen molar-refractivity contribution in [2.75, 3.05) is 25.4 Å². The fourth-order valence-corrected chi connectivity index (χ4v) is 4.43. The third-order valence-corrected chi connectivity index (χ3v) is 6.06. The second kappa shape index (κ2) is 8.36. The van der Waals surface area contributed by atoms with Crippen molar-refractivity contribution in [2.45, 2.75) is 32.4 Å². The number of nitrogens with zero attached hydrogens (tertiary/aromatic N) is 3. The van der Waals surface area contributed by atoms with E-state index in [0.717, 1.165) is 35.2 Å². The van der Waals surface area contributed by atoms with E-state index in [0.29, 0.717) is 12.5 Å². The molecule has 5 rings (SSSR count). The van der Waals surface area contributed by atoms with Crippen LogP contribution in [0.1, 0.15) is 24.8 Å². The number of nitrogen functional groups attached to an aromatic ring is 1. The van der Waals surface area contributed by atoms with Gasteiger partial charge in [-0.1, -0.05) is 48.9 Å². The van der Waals surface area contributed by atoms with Crippen LogP contribution in [0.5, 0.6) is 5.88 Å². The molecule has 0 aliphatic carbocycles. The summed E-state index contributed by atoms with van der Waals surface area (Å²) >= 11 is 0. The highest BCUT2D eigenvalue weighted by atomic mass is 16.5. The maximum Gasteiger partial charge on any atom is 0.241 e. The predicted octanol–water partition coefficient (Wildman–Crippen LogP) is 4.84. The van der Waals surface area contributed by atoms with Gasteiger partial charge in [0, 0.05) is 12.2 Å². The molecule has 0 saturated carbocycles. The number of nitrogens with two attached hydrogens (primary N) is 1. The van der Waals surface area contributed by atoms with Crippen LogP contribution >= 0.6 is 0 Å². The summed E-state index contributed by atoms with van der Waals surface area (Å²) in [4.78, 5) is 2.53. The normalized spacial score (nSPS) is 15.1. The number of piperidine rings is 1. The first-order valence-electron chi connectivity index (χ1n) is 10.9. The molecule has 0 atom stereocenters. The van der Waals surface area contributed by atoms with Crippen molar-refractivity contribution < 1.29 is 4.74 Å². The van der Waals surface area contributed by atoms with Gasteiger partial charge in [0.25, 0.3) is 0 Å². The van der Waals surface area contributed by atoms with Crippen LogP contribution < -0.4 is 10.5 Å². The lowest BCUT2D eigenvalue weighted by Gasteiger charge is -2.26. The first kappa shape index (κ1) is 18.9. The van der Waals surface area contributed by atoms with Gasteiger partial charge in [0.05, 0.1) is 17.4 Å². The summed E-state index contributed by atoms with van der Waals surface area (Å²) < 4.78 is 8.31. The smallest absolute Gasteiger partial charge is 0.241 e. The van der Waals surface area contributed by atoms with Gasteiger partial charge in [-0.05, 0) is 60.5 Å². The molecule has 0 bridgehead atoms. The Balaban J connectivity index is 1.40. The minimum atomic E-state index is 0.481. The largest absolute Gasteiger partial charge is 0.471 e. The van der Waals surface area contributed by atoms with E-state index < -0.39 is 0 Å². The van der Waals surface area contributed by atoms with Gasteiger partial charge >= 0.3 is 0 Å². The van der Waals surface area contributed by atoms with Crippen LogP contribution in [0, 0.1) is 0 Å². The summed E-state index contributed by atoms with van der Waals surface area (Å²) in [5, 5.41) is 8.24. The van der Waals surface area contributed by atoms with Crippen LogP contribution in [0.4, 0.5) is 5.69 Å². The highest BCUT2D eigenvalue weighted by Gasteiger charge is 2.15. The van der Waals surface area contributed by atoms with E-state index >= 15 is 0 Å². The fourth-order valence-electron chi connectivity index (χ4n) is 4.43. The van der Waals surface area contributed by atoms with Crippen LogP contribution in [-0.2, 0) is 13.2 Å². The molecule has 30 heavy (non-hydrogen) atoms. The number of hydrogen-bond acceptors (Lipinski definition) is 4. The zero-order valence-corrected chi connectivity index (χ0v) is 17.3. The molecule has 4 aromatic rings. The van der Waals surface area contributed by atoms with E-state index in [-0.39, 0.29) is 0 Å². The predicted molar refractivity (Wildman–Crippen MR) is 123 cm³/mol. The Bertz CT molecular complexity index is 1160. The number of anilines is 1. The molecule has 3 aromatic carbocycles. The molecule has 0 radical (unpaired) electrons. The SMILES string of the molecule is Nc1ccc2c(c1)c(OCc1cccc3ccccc13)nn2CCN1CCCCC1. The molecule has 5 nitrogen and oxygen atoms in total. The van der Waals surface area contributed by atoms with Crippen LogP contribution in [0.2, 0.25) is 0 Å². The molecular weight excluding hydrogens is 372 g/mol. The van der Waals surface area contributed by atoms with Crippen LogP contribution in [0.25, 0.3) is 21.7 Å². The molecule has 154 valence electrons. The van der Waals surface area contributed by atoms with Crippen LogP contribution in [-0.4, -0.2) is 34.3 Å². The fraction of sp³-hybridized carbons (Fsp3) is 0.320. The number of hydrogen-bond donors (Lipinski definition) is 1. The van der Waals surface area contributed by atoms with Gasteiger partial charge in [-0.3, -0.25) is 4.68 Å². The summed E-state index contributed by atoms with van der Waals surface area (Å²) in [5.74, 6) is 0.656. The average Bonchev–Trinajstić information content (AvgIpc) is 3.13. The summed E-state index contributed by atoms with van der Waals surface area (Å²) in [6, 6.07) is 20.7. The molecular formula is C25H28N4O. The van der Waals surface area contributed by atoms with E-state index in [1.807, 2.05) is 12.1 Å². The second-order valence-electron chi connectivity index (χ2n) is 8.13. The van der Waals surface area contributed by atoms with Crippen molar-refractivity contribution in [1.29, 1.82) is 0 Å². The standard InChI is InChI=1S/C25H28N4O/c26-21-11-12-24-23(17-21)25(27-29(24)16-15-28-13-4-1-5-14-28)30-18-20-9-6-8-19-7-2-3-10-22(19)20/h2-3,6-12,17H,1,4-5,13-16,18,26H2. The molecule has 2 heterocycles. The Labute approximate surface area is 177 Å². The Morgan fingerprint density at radius 2 is 1.70 bits per heavy atom. The molecule has 1 saturated heterocycles. The summed E-state index contributed by atoms with van der Waals surface area (Å²) in [7, 11) is 0. The van der Waals surface area contributed by atoms with Crippen molar-refractivity contribution in [3.63, 3.8) is 0 Å². The van der Waals surface area contributed by atoms with Crippen molar-refractivity contribution in [3.05, 3.63) is 66.2 Å². The van der Waals surface area contributed by atoms with Crippen molar-refractivity contribution >= 4 is 27.4 Å². The average molecular weight is 401 g/mol. The van der Waals surface area contributed by atoms with Gasteiger partial charge in [0.2, 0.25) is 5.88 Å². The second-order valence-corrected chi connectivity index (χ2v) is 8.13. The monoisotopic (exact) mass is 400 g/mol. The number of fused-ring (bicyclic) bond motifs is 2. The molecule has 0 unspecified atom stereocenters. The molecule has 1 fully saturated rings. The Kier molecular flexibility index (Phi) is 5.28. The maximum atomic E-state index is 6.24. The van der Waals surface area contributed by atoms with Crippen LogP contribution in [0.3, 0.4) is 0 Å². The Hall–Kier alpha value is -3.05. The number of likely N-dealkylation sites (tertiary alicyclic amines) is 1. The molecule has 2 N–H and O–H groups in total. The highest BCUT2D eigenvalue weighted by molar-refractivity contribution is 5.88. The van der Waals surface area contributed by atoms with E-state index in [1.165, 1.54) is 43.1 Å². The molecule has 0 spiro atoms. The Morgan fingerprint density at radius 1 is 0.867 bits per heavy atom. The molecule has 5 heteroatoms. The topological polar surface area (TPSA) is 56.3 Å².